The number of rotatable bonds is 4. The number of hydrogen-bond acceptors (Lipinski definition) is 4. The molecule has 10 heteroatoms. The van der Waals surface area contributed by atoms with Gasteiger partial charge in [-0.3, -0.25) is 0 Å². The van der Waals surface area contributed by atoms with Crippen molar-refractivity contribution in [3.63, 3.8) is 0 Å². The highest BCUT2D eigenvalue weighted by atomic mass is 19.4. The molecule has 0 unspecified atom stereocenters. The van der Waals surface area contributed by atoms with Crippen LogP contribution >= 0.6 is 0 Å². The Labute approximate surface area is 141 Å². The van der Waals surface area contributed by atoms with E-state index in [-0.39, 0.29) is 23.9 Å². The van der Waals surface area contributed by atoms with E-state index in [1.54, 1.807) is 6.07 Å². The molecular formula is C15H17F3N6O. The van der Waals surface area contributed by atoms with Crippen molar-refractivity contribution >= 4 is 11.6 Å². The Morgan fingerprint density at radius 2 is 2.08 bits per heavy atom. The van der Waals surface area contributed by atoms with Crippen LogP contribution in [-0.2, 0) is 19.5 Å². The van der Waals surface area contributed by atoms with Crippen molar-refractivity contribution in [3.8, 4) is 5.75 Å². The second kappa shape index (κ2) is 6.99. The number of aliphatic imine (C=N–C) groups is 1. The van der Waals surface area contributed by atoms with Gasteiger partial charge in [0.05, 0.1) is 5.69 Å². The van der Waals surface area contributed by atoms with Gasteiger partial charge in [-0.2, -0.15) is 0 Å². The molecule has 0 amide bonds. The SMILES string of the molecule is NC(=NCc1nnc2n1CCCC2)Nc1ccccc1OC(F)(F)F. The summed E-state index contributed by atoms with van der Waals surface area (Å²) in [5.74, 6) is 1.19. The second-order valence-electron chi connectivity index (χ2n) is 5.51. The molecule has 0 bridgehead atoms. The van der Waals surface area contributed by atoms with E-state index in [4.69, 9.17) is 5.73 Å². The fourth-order valence-corrected chi connectivity index (χ4v) is 2.60. The zero-order valence-electron chi connectivity index (χ0n) is 13.3. The number of benzene rings is 1. The summed E-state index contributed by atoms with van der Waals surface area (Å²) >= 11 is 0. The van der Waals surface area contributed by atoms with Crippen LogP contribution in [0.4, 0.5) is 18.9 Å². The summed E-state index contributed by atoms with van der Waals surface area (Å²) in [6.45, 7) is 1.02. The van der Waals surface area contributed by atoms with Gasteiger partial charge in [0.2, 0.25) is 0 Å². The minimum atomic E-state index is -4.79. The zero-order chi connectivity index (χ0) is 17.9. The number of ether oxygens (including phenoxy) is 1. The van der Waals surface area contributed by atoms with Gasteiger partial charge in [0, 0.05) is 13.0 Å². The molecule has 0 spiro atoms. The third-order valence-corrected chi connectivity index (χ3v) is 3.70. The monoisotopic (exact) mass is 354 g/mol. The molecule has 1 aliphatic heterocycles. The maximum atomic E-state index is 12.4. The summed E-state index contributed by atoms with van der Waals surface area (Å²) in [7, 11) is 0. The van der Waals surface area contributed by atoms with E-state index >= 15 is 0 Å². The van der Waals surface area contributed by atoms with Gasteiger partial charge in [0.1, 0.15) is 12.4 Å². The summed E-state index contributed by atoms with van der Waals surface area (Å²) in [6.07, 6.45) is -1.77. The first-order chi connectivity index (χ1) is 11.9. The number of hydrogen-bond donors (Lipinski definition) is 2. The van der Waals surface area contributed by atoms with E-state index < -0.39 is 6.36 Å². The molecular weight excluding hydrogens is 337 g/mol. The van der Waals surface area contributed by atoms with E-state index in [9.17, 15) is 13.2 Å². The van der Waals surface area contributed by atoms with Gasteiger partial charge >= 0.3 is 6.36 Å². The molecule has 3 N–H and O–H groups in total. The molecule has 1 aromatic heterocycles. The number of nitrogens with two attached hydrogens (primary N) is 1. The average molecular weight is 354 g/mol. The Kier molecular flexibility index (Phi) is 4.77. The van der Waals surface area contributed by atoms with Crippen molar-refractivity contribution in [2.75, 3.05) is 5.32 Å². The Hall–Kier alpha value is -2.78. The number of nitrogens with zero attached hydrogens (tertiary/aromatic N) is 4. The number of halogens is 3. The number of alkyl halides is 3. The Morgan fingerprint density at radius 1 is 1.28 bits per heavy atom. The molecule has 0 radical (unpaired) electrons. The minimum absolute atomic E-state index is 0.0358. The predicted molar refractivity (Wildman–Crippen MR) is 85.0 cm³/mol. The Balaban J connectivity index is 1.69. The number of aromatic nitrogens is 3. The van der Waals surface area contributed by atoms with E-state index in [1.165, 1.54) is 18.2 Å². The summed E-state index contributed by atoms with van der Waals surface area (Å²) in [4.78, 5) is 4.13. The fraction of sp³-hybridized carbons (Fsp3) is 0.400. The van der Waals surface area contributed by atoms with Crippen LogP contribution in [0.15, 0.2) is 29.3 Å². The maximum Gasteiger partial charge on any atom is 0.573 e. The maximum absolute atomic E-state index is 12.4. The van der Waals surface area contributed by atoms with Crippen molar-refractivity contribution in [1.82, 2.24) is 14.8 Å². The molecule has 0 atom stereocenters. The van der Waals surface area contributed by atoms with Gasteiger partial charge in [-0.1, -0.05) is 12.1 Å². The van der Waals surface area contributed by atoms with Crippen molar-refractivity contribution in [2.24, 2.45) is 10.7 Å². The van der Waals surface area contributed by atoms with E-state index in [0.29, 0.717) is 5.82 Å². The third-order valence-electron chi connectivity index (χ3n) is 3.70. The Bertz CT molecular complexity index is 771. The van der Waals surface area contributed by atoms with Crippen LogP contribution in [0.3, 0.4) is 0 Å². The highest BCUT2D eigenvalue weighted by Crippen LogP contribution is 2.29. The molecule has 2 heterocycles. The fourth-order valence-electron chi connectivity index (χ4n) is 2.60. The first-order valence-corrected chi connectivity index (χ1v) is 7.75. The van der Waals surface area contributed by atoms with Gasteiger partial charge in [-0.05, 0) is 25.0 Å². The van der Waals surface area contributed by atoms with Crippen LogP contribution in [0.1, 0.15) is 24.5 Å². The number of guanidine groups is 1. The molecule has 0 saturated carbocycles. The van der Waals surface area contributed by atoms with Crippen molar-refractivity contribution in [1.29, 1.82) is 0 Å². The molecule has 0 aliphatic carbocycles. The summed E-state index contributed by atoms with van der Waals surface area (Å²) in [5.41, 5.74) is 5.85. The van der Waals surface area contributed by atoms with Crippen LogP contribution in [0.2, 0.25) is 0 Å². The van der Waals surface area contributed by atoms with E-state index in [2.05, 4.69) is 25.2 Å². The second-order valence-corrected chi connectivity index (χ2v) is 5.51. The normalized spacial score (nSPS) is 14.9. The smallest absolute Gasteiger partial charge is 0.404 e. The molecule has 25 heavy (non-hydrogen) atoms. The van der Waals surface area contributed by atoms with Crippen molar-refractivity contribution < 1.29 is 17.9 Å². The van der Waals surface area contributed by atoms with E-state index in [0.717, 1.165) is 31.6 Å². The number of para-hydroxylation sites is 2. The minimum Gasteiger partial charge on any atom is -0.404 e. The van der Waals surface area contributed by atoms with Gasteiger partial charge in [0.15, 0.2) is 17.5 Å². The van der Waals surface area contributed by atoms with Crippen LogP contribution in [0.25, 0.3) is 0 Å². The quantitative estimate of drug-likeness (QED) is 0.650. The van der Waals surface area contributed by atoms with Crippen molar-refractivity contribution in [3.05, 3.63) is 35.9 Å². The summed E-state index contributed by atoms with van der Waals surface area (Å²) in [5, 5.41) is 10.8. The number of fused-ring (bicyclic) bond motifs is 1. The van der Waals surface area contributed by atoms with Crippen molar-refractivity contribution in [2.45, 2.75) is 38.7 Å². The molecule has 0 fully saturated rings. The van der Waals surface area contributed by atoms with Crippen LogP contribution in [0, 0.1) is 0 Å². The number of anilines is 1. The molecule has 2 aromatic rings. The summed E-state index contributed by atoms with van der Waals surface area (Å²) in [6, 6.07) is 5.61. The third kappa shape index (κ3) is 4.40. The highest BCUT2D eigenvalue weighted by Gasteiger charge is 2.32. The lowest BCUT2D eigenvalue weighted by Crippen LogP contribution is -2.25. The first-order valence-electron chi connectivity index (χ1n) is 7.75. The van der Waals surface area contributed by atoms with Gasteiger partial charge in [-0.25, -0.2) is 4.99 Å². The van der Waals surface area contributed by atoms with Crippen LogP contribution in [-0.4, -0.2) is 27.1 Å². The lowest BCUT2D eigenvalue weighted by Gasteiger charge is -2.15. The molecule has 1 aliphatic rings. The van der Waals surface area contributed by atoms with Gasteiger partial charge in [-0.15, -0.1) is 23.4 Å². The predicted octanol–water partition coefficient (Wildman–Crippen LogP) is 2.44. The number of aryl methyl sites for hydroxylation is 1. The lowest BCUT2D eigenvalue weighted by atomic mass is 10.2. The molecule has 3 rings (SSSR count). The molecule has 1 aromatic carbocycles. The average Bonchev–Trinajstić information content (AvgIpc) is 2.97. The topological polar surface area (TPSA) is 90.4 Å². The number of nitrogens with one attached hydrogen (secondary N) is 1. The lowest BCUT2D eigenvalue weighted by molar-refractivity contribution is -0.274. The highest BCUT2D eigenvalue weighted by molar-refractivity contribution is 5.93. The largest absolute Gasteiger partial charge is 0.573 e. The molecule has 7 nitrogen and oxygen atoms in total. The van der Waals surface area contributed by atoms with Crippen LogP contribution in [0.5, 0.6) is 5.75 Å². The zero-order valence-corrected chi connectivity index (χ0v) is 13.3. The standard InChI is InChI=1S/C15H17F3N6O/c16-15(17,18)25-11-6-2-1-5-10(11)21-14(19)20-9-13-23-22-12-7-3-4-8-24(12)13/h1-2,5-6H,3-4,7-9H2,(H3,19,20,21). The Morgan fingerprint density at radius 3 is 2.88 bits per heavy atom. The van der Waals surface area contributed by atoms with Crippen LogP contribution < -0.4 is 15.8 Å². The first kappa shape index (κ1) is 17.1. The molecule has 134 valence electrons. The summed E-state index contributed by atoms with van der Waals surface area (Å²) < 4.78 is 43.2. The molecule has 0 saturated heterocycles. The van der Waals surface area contributed by atoms with Gasteiger partial charge < -0.3 is 20.4 Å². The van der Waals surface area contributed by atoms with E-state index in [1.807, 2.05) is 4.57 Å². The van der Waals surface area contributed by atoms with Gasteiger partial charge in [0.25, 0.3) is 0 Å².